The van der Waals surface area contributed by atoms with Gasteiger partial charge in [0.25, 0.3) is 0 Å². The highest BCUT2D eigenvalue weighted by Gasteiger charge is 2.16. The molecule has 1 aromatic carbocycles. The average Bonchev–Trinajstić information content (AvgIpc) is 2.74. The summed E-state index contributed by atoms with van der Waals surface area (Å²) in [7, 11) is 1.65. The Morgan fingerprint density at radius 3 is 2.71 bits per heavy atom. The van der Waals surface area contributed by atoms with E-state index >= 15 is 0 Å². The SMILES string of the molecule is CCc1cc(Br)cc(-c2cnoc2N)c1OC. The number of nitrogens with zero attached hydrogens (tertiary/aromatic N) is 1. The van der Waals surface area contributed by atoms with Crippen LogP contribution in [-0.2, 0) is 6.42 Å². The van der Waals surface area contributed by atoms with Crippen molar-refractivity contribution in [2.75, 3.05) is 12.8 Å². The van der Waals surface area contributed by atoms with E-state index in [-0.39, 0.29) is 0 Å². The normalized spacial score (nSPS) is 10.5. The van der Waals surface area contributed by atoms with Crippen LogP contribution < -0.4 is 10.5 Å². The summed E-state index contributed by atoms with van der Waals surface area (Å²) >= 11 is 3.48. The first-order valence-electron chi connectivity index (χ1n) is 5.24. The summed E-state index contributed by atoms with van der Waals surface area (Å²) in [5.74, 6) is 1.11. The molecule has 2 rings (SSSR count). The van der Waals surface area contributed by atoms with E-state index < -0.39 is 0 Å². The number of nitrogen functional groups attached to an aromatic ring is 1. The van der Waals surface area contributed by atoms with Gasteiger partial charge in [0.1, 0.15) is 5.75 Å². The van der Waals surface area contributed by atoms with Crippen LogP contribution in [0.4, 0.5) is 5.88 Å². The van der Waals surface area contributed by atoms with E-state index in [0.29, 0.717) is 5.88 Å². The molecule has 0 atom stereocenters. The van der Waals surface area contributed by atoms with E-state index in [2.05, 4.69) is 28.0 Å². The fraction of sp³-hybridized carbons (Fsp3) is 0.250. The van der Waals surface area contributed by atoms with Gasteiger partial charge in [0.2, 0.25) is 5.88 Å². The molecular formula is C12H13BrN2O2. The van der Waals surface area contributed by atoms with Gasteiger partial charge in [0.15, 0.2) is 0 Å². The third-order valence-corrected chi connectivity index (χ3v) is 3.06. The maximum atomic E-state index is 5.74. The lowest BCUT2D eigenvalue weighted by Crippen LogP contribution is -1.95. The second-order valence-corrected chi connectivity index (χ2v) is 4.52. The fourth-order valence-corrected chi connectivity index (χ4v) is 2.31. The molecular weight excluding hydrogens is 284 g/mol. The van der Waals surface area contributed by atoms with Crippen LogP contribution in [0.3, 0.4) is 0 Å². The van der Waals surface area contributed by atoms with E-state index in [1.165, 1.54) is 0 Å². The van der Waals surface area contributed by atoms with Gasteiger partial charge in [-0.05, 0) is 24.1 Å². The van der Waals surface area contributed by atoms with Crippen LogP contribution >= 0.6 is 15.9 Å². The van der Waals surface area contributed by atoms with Crippen molar-refractivity contribution in [3.05, 3.63) is 28.4 Å². The predicted molar refractivity (Wildman–Crippen MR) is 70.0 cm³/mol. The van der Waals surface area contributed by atoms with Gasteiger partial charge in [0, 0.05) is 10.0 Å². The van der Waals surface area contributed by atoms with Crippen molar-refractivity contribution in [1.82, 2.24) is 5.16 Å². The van der Waals surface area contributed by atoms with Crippen molar-refractivity contribution in [2.45, 2.75) is 13.3 Å². The number of hydrogen-bond acceptors (Lipinski definition) is 4. The monoisotopic (exact) mass is 296 g/mol. The standard InChI is InChI=1S/C12H13BrN2O2/c1-3-7-4-8(13)5-9(11(7)16-2)10-6-15-17-12(10)14/h4-6H,3,14H2,1-2H3. The van der Waals surface area contributed by atoms with E-state index in [0.717, 1.165) is 33.3 Å². The molecule has 90 valence electrons. The lowest BCUT2D eigenvalue weighted by atomic mass is 10.0. The Morgan fingerprint density at radius 1 is 1.41 bits per heavy atom. The molecule has 0 aliphatic carbocycles. The smallest absolute Gasteiger partial charge is 0.230 e. The number of methoxy groups -OCH3 is 1. The Labute approximate surface area is 108 Å². The highest BCUT2D eigenvalue weighted by Crippen LogP contribution is 2.38. The van der Waals surface area contributed by atoms with E-state index in [9.17, 15) is 0 Å². The lowest BCUT2D eigenvalue weighted by Gasteiger charge is -2.12. The number of aryl methyl sites for hydroxylation is 1. The summed E-state index contributed by atoms with van der Waals surface area (Å²) in [6.45, 7) is 2.07. The van der Waals surface area contributed by atoms with Crippen molar-refractivity contribution < 1.29 is 9.26 Å². The molecule has 5 heteroatoms. The molecule has 2 aromatic rings. The minimum absolute atomic E-state index is 0.295. The van der Waals surface area contributed by atoms with Crippen molar-refractivity contribution in [3.63, 3.8) is 0 Å². The second kappa shape index (κ2) is 4.79. The van der Waals surface area contributed by atoms with Crippen molar-refractivity contribution >= 4 is 21.8 Å². The number of rotatable bonds is 3. The number of halogens is 1. The summed E-state index contributed by atoms with van der Waals surface area (Å²) in [6.07, 6.45) is 2.47. The third kappa shape index (κ3) is 2.15. The van der Waals surface area contributed by atoms with Crippen molar-refractivity contribution in [2.24, 2.45) is 0 Å². The van der Waals surface area contributed by atoms with Gasteiger partial charge < -0.3 is 15.0 Å². The number of anilines is 1. The first kappa shape index (κ1) is 12.0. The predicted octanol–water partition coefficient (Wildman–Crippen LogP) is 3.26. The Kier molecular flexibility index (Phi) is 3.38. The van der Waals surface area contributed by atoms with Gasteiger partial charge in [-0.25, -0.2) is 0 Å². The summed E-state index contributed by atoms with van der Waals surface area (Å²) in [5.41, 5.74) is 8.48. The van der Waals surface area contributed by atoms with E-state index in [1.54, 1.807) is 13.3 Å². The molecule has 0 fully saturated rings. The number of nitrogens with two attached hydrogens (primary N) is 1. The average molecular weight is 297 g/mol. The first-order valence-corrected chi connectivity index (χ1v) is 6.03. The molecule has 0 aliphatic rings. The Morgan fingerprint density at radius 2 is 2.18 bits per heavy atom. The second-order valence-electron chi connectivity index (χ2n) is 3.60. The molecule has 0 bridgehead atoms. The number of hydrogen-bond donors (Lipinski definition) is 1. The summed E-state index contributed by atoms with van der Waals surface area (Å²) in [6, 6.07) is 3.98. The highest BCUT2D eigenvalue weighted by atomic mass is 79.9. The van der Waals surface area contributed by atoms with Crippen molar-refractivity contribution in [1.29, 1.82) is 0 Å². The van der Waals surface area contributed by atoms with Crippen LogP contribution in [0.2, 0.25) is 0 Å². The van der Waals surface area contributed by atoms with Crippen molar-refractivity contribution in [3.8, 4) is 16.9 Å². The molecule has 0 saturated carbocycles. The minimum atomic E-state index is 0.295. The molecule has 17 heavy (non-hydrogen) atoms. The summed E-state index contributed by atoms with van der Waals surface area (Å²) < 4.78 is 11.3. The molecule has 0 aliphatic heterocycles. The van der Waals surface area contributed by atoms with Gasteiger partial charge in [-0.1, -0.05) is 28.0 Å². The van der Waals surface area contributed by atoms with Crippen LogP contribution in [0, 0.1) is 0 Å². The highest BCUT2D eigenvalue weighted by molar-refractivity contribution is 9.10. The zero-order valence-corrected chi connectivity index (χ0v) is 11.2. The zero-order chi connectivity index (χ0) is 12.4. The summed E-state index contributed by atoms with van der Waals surface area (Å²) in [4.78, 5) is 0. The van der Waals surface area contributed by atoms with Gasteiger partial charge in [0.05, 0.1) is 18.9 Å². The van der Waals surface area contributed by atoms with Crippen LogP contribution in [0.25, 0.3) is 11.1 Å². The topological polar surface area (TPSA) is 61.3 Å². The Bertz CT molecular complexity index is 537. The van der Waals surface area contributed by atoms with E-state index in [4.69, 9.17) is 15.0 Å². The molecule has 4 nitrogen and oxygen atoms in total. The first-order chi connectivity index (χ1) is 8.17. The van der Waals surface area contributed by atoms with Crippen LogP contribution in [0.15, 0.2) is 27.3 Å². The third-order valence-electron chi connectivity index (χ3n) is 2.60. The molecule has 1 aromatic heterocycles. The molecule has 0 saturated heterocycles. The maximum Gasteiger partial charge on any atom is 0.230 e. The number of aromatic nitrogens is 1. The lowest BCUT2D eigenvalue weighted by molar-refractivity contribution is 0.411. The van der Waals surface area contributed by atoms with Crippen LogP contribution in [0.1, 0.15) is 12.5 Å². The number of benzene rings is 1. The molecule has 0 radical (unpaired) electrons. The van der Waals surface area contributed by atoms with Crippen LogP contribution in [-0.4, -0.2) is 12.3 Å². The van der Waals surface area contributed by atoms with E-state index in [1.807, 2.05) is 12.1 Å². The maximum absolute atomic E-state index is 5.74. The minimum Gasteiger partial charge on any atom is -0.496 e. The molecule has 2 N–H and O–H groups in total. The van der Waals surface area contributed by atoms with Gasteiger partial charge in [-0.2, -0.15) is 0 Å². The fourth-order valence-electron chi connectivity index (χ4n) is 1.80. The molecule has 1 heterocycles. The molecule has 0 amide bonds. The van der Waals surface area contributed by atoms with Gasteiger partial charge >= 0.3 is 0 Å². The largest absolute Gasteiger partial charge is 0.496 e. The Hall–Kier alpha value is -1.49. The zero-order valence-electron chi connectivity index (χ0n) is 9.66. The Balaban J connectivity index is 2.68. The van der Waals surface area contributed by atoms with Gasteiger partial charge in [-0.3, -0.25) is 0 Å². The summed E-state index contributed by atoms with van der Waals surface area (Å²) in [5, 5.41) is 3.69. The quantitative estimate of drug-likeness (QED) is 0.944. The molecule has 0 spiro atoms. The number of ether oxygens (including phenoxy) is 1. The molecule has 0 unspecified atom stereocenters. The van der Waals surface area contributed by atoms with Crippen LogP contribution in [0.5, 0.6) is 5.75 Å². The van der Waals surface area contributed by atoms with Gasteiger partial charge in [-0.15, -0.1) is 0 Å².